The molecule has 1 amide bonds. The molecule has 1 unspecified atom stereocenters. The minimum Gasteiger partial charge on any atom is -0.356 e. The van der Waals surface area contributed by atoms with E-state index in [1.807, 2.05) is 6.92 Å². The molecule has 0 aliphatic heterocycles. The third-order valence-electron chi connectivity index (χ3n) is 2.89. The van der Waals surface area contributed by atoms with Crippen molar-refractivity contribution >= 4 is 5.91 Å². The molecule has 0 saturated carbocycles. The minimum absolute atomic E-state index is 0.0729. The Morgan fingerprint density at radius 1 is 1.35 bits per heavy atom. The van der Waals surface area contributed by atoms with Crippen LogP contribution in [0.2, 0.25) is 0 Å². The molecule has 0 radical (unpaired) electrons. The van der Waals surface area contributed by atoms with Crippen LogP contribution in [-0.2, 0) is 11.0 Å². The predicted octanol–water partition coefficient (Wildman–Crippen LogP) is 2.88. The highest BCUT2D eigenvalue weighted by Gasteiger charge is 2.30. The molecule has 0 heterocycles. The average Bonchev–Trinajstić information content (AvgIpc) is 2.38. The van der Waals surface area contributed by atoms with Crippen molar-refractivity contribution in [2.75, 3.05) is 13.1 Å². The van der Waals surface area contributed by atoms with Crippen LogP contribution in [-0.4, -0.2) is 19.0 Å². The third-order valence-corrected chi connectivity index (χ3v) is 2.89. The van der Waals surface area contributed by atoms with Gasteiger partial charge in [0.1, 0.15) is 0 Å². The van der Waals surface area contributed by atoms with E-state index >= 15 is 0 Å². The average molecular weight is 288 g/mol. The summed E-state index contributed by atoms with van der Waals surface area (Å²) in [6.07, 6.45) is -4.03. The van der Waals surface area contributed by atoms with Gasteiger partial charge in [-0.05, 0) is 31.5 Å². The molecule has 3 nitrogen and oxygen atoms in total. The van der Waals surface area contributed by atoms with Gasteiger partial charge < -0.3 is 10.6 Å². The van der Waals surface area contributed by atoms with Gasteiger partial charge in [0.05, 0.1) is 5.56 Å². The van der Waals surface area contributed by atoms with E-state index in [0.717, 1.165) is 12.1 Å². The second-order valence-electron chi connectivity index (χ2n) is 4.50. The highest BCUT2D eigenvalue weighted by atomic mass is 19.4. The van der Waals surface area contributed by atoms with Crippen LogP contribution in [0.15, 0.2) is 24.3 Å². The largest absolute Gasteiger partial charge is 0.416 e. The zero-order chi connectivity index (χ0) is 15.2. The van der Waals surface area contributed by atoms with Gasteiger partial charge in [-0.2, -0.15) is 13.2 Å². The van der Waals surface area contributed by atoms with Crippen LogP contribution in [0.1, 0.15) is 37.4 Å². The summed E-state index contributed by atoms with van der Waals surface area (Å²) < 4.78 is 37.8. The maximum Gasteiger partial charge on any atom is 0.416 e. The first kappa shape index (κ1) is 16.5. The lowest BCUT2D eigenvalue weighted by Gasteiger charge is -2.16. The van der Waals surface area contributed by atoms with Gasteiger partial charge in [-0.3, -0.25) is 4.79 Å². The minimum atomic E-state index is -4.34. The topological polar surface area (TPSA) is 41.1 Å². The standard InChI is InChI=1S/C14H19F3N2O/c1-3-18-13(20)7-8-19-10(2)11-5-4-6-12(9-11)14(15,16)17/h4-6,9-10,19H,3,7-8H2,1-2H3,(H,18,20). The Labute approximate surface area is 116 Å². The summed E-state index contributed by atoms with van der Waals surface area (Å²) in [5.41, 5.74) is -0.108. The van der Waals surface area contributed by atoms with E-state index < -0.39 is 11.7 Å². The Morgan fingerprint density at radius 3 is 2.65 bits per heavy atom. The summed E-state index contributed by atoms with van der Waals surface area (Å²) in [7, 11) is 0. The number of alkyl halides is 3. The molecular weight excluding hydrogens is 269 g/mol. The number of carbonyl (C=O) groups excluding carboxylic acids is 1. The Balaban J connectivity index is 2.55. The Kier molecular flexibility index (Phi) is 6.01. The van der Waals surface area contributed by atoms with Crippen molar-refractivity contribution in [2.24, 2.45) is 0 Å². The van der Waals surface area contributed by atoms with Crippen molar-refractivity contribution in [3.05, 3.63) is 35.4 Å². The van der Waals surface area contributed by atoms with Gasteiger partial charge in [-0.25, -0.2) is 0 Å². The summed E-state index contributed by atoms with van der Waals surface area (Å²) in [6, 6.07) is 4.96. The molecule has 2 N–H and O–H groups in total. The Hall–Kier alpha value is -1.56. The highest BCUT2D eigenvalue weighted by Crippen LogP contribution is 2.30. The van der Waals surface area contributed by atoms with Crippen LogP contribution < -0.4 is 10.6 Å². The van der Waals surface area contributed by atoms with E-state index in [9.17, 15) is 18.0 Å². The predicted molar refractivity (Wildman–Crippen MR) is 71.2 cm³/mol. The van der Waals surface area contributed by atoms with Gasteiger partial charge in [0.2, 0.25) is 5.91 Å². The van der Waals surface area contributed by atoms with Crippen LogP contribution >= 0.6 is 0 Å². The van der Waals surface area contributed by atoms with Gasteiger partial charge in [0.25, 0.3) is 0 Å². The van der Waals surface area contributed by atoms with Crippen LogP contribution in [0.25, 0.3) is 0 Å². The van der Waals surface area contributed by atoms with Crippen molar-refractivity contribution < 1.29 is 18.0 Å². The number of rotatable bonds is 6. The summed E-state index contributed by atoms with van der Waals surface area (Å²) in [5.74, 6) is -0.0729. The molecule has 0 aliphatic carbocycles. The van der Waals surface area contributed by atoms with Crippen LogP contribution in [0.5, 0.6) is 0 Å². The van der Waals surface area contributed by atoms with E-state index in [0.29, 0.717) is 25.1 Å². The number of amides is 1. The van der Waals surface area contributed by atoms with E-state index in [1.165, 1.54) is 6.07 Å². The Bertz CT molecular complexity index is 446. The molecular formula is C14H19F3N2O. The second-order valence-corrected chi connectivity index (χ2v) is 4.50. The smallest absolute Gasteiger partial charge is 0.356 e. The van der Waals surface area contributed by atoms with Gasteiger partial charge in [-0.15, -0.1) is 0 Å². The zero-order valence-corrected chi connectivity index (χ0v) is 11.6. The molecule has 112 valence electrons. The normalized spacial score (nSPS) is 13.1. The maximum absolute atomic E-state index is 12.6. The van der Waals surface area contributed by atoms with Gasteiger partial charge in [-0.1, -0.05) is 12.1 Å². The monoisotopic (exact) mass is 288 g/mol. The third kappa shape index (κ3) is 5.21. The van der Waals surface area contributed by atoms with Crippen molar-refractivity contribution in [1.29, 1.82) is 0 Å². The summed E-state index contributed by atoms with van der Waals surface area (Å²) in [5, 5.41) is 5.70. The molecule has 0 aromatic heterocycles. The number of hydrogen-bond donors (Lipinski definition) is 2. The lowest BCUT2D eigenvalue weighted by atomic mass is 10.0. The first-order valence-electron chi connectivity index (χ1n) is 6.51. The van der Waals surface area contributed by atoms with E-state index in [2.05, 4.69) is 10.6 Å². The molecule has 0 fully saturated rings. The van der Waals surface area contributed by atoms with Crippen molar-refractivity contribution in [3.63, 3.8) is 0 Å². The molecule has 20 heavy (non-hydrogen) atoms. The fraction of sp³-hybridized carbons (Fsp3) is 0.500. The van der Waals surface area contributed by atoms with Crippen LogP contribution in [0.4, 0.5) is 13.2 Å². The van der Waals surface area contributed by atoms with Gasteiger partial charge in [0, 0.05) is 25.6 Å². The summed E-state index contributed by atoms with van der Waals surface area (Å²) >= 11 is 0. The lowest BCUT2D eigenvalue weighted by Crippen LogP contribution is -2.28. The van der Waals surface area contributed by atoms with Crippen molar-refractivity contribution in [2.45, 2.75) is 32.5 Å². The number of carbonyl (C=O) groups is 1. The van der Waals surface area contributed by atoms with Crippen LogP contribution in [0.3, 0.4) is 0 Å². The lowest BCUT2D eigenvalue weighted by molar-refractivity contribution is -0.137. The van der Waals surface area contributed by atoms with E-state index in [1.54, 1.807) is 13.0 Å². The molecule has 0 saturated heterocycles. The Morgan fingerprint density at radius 2 is 2.05 bits per heavy atom. The molecule has 0 spiro atoms. The van der Waals surface area contributed by atoms with Gasteiger partial charge >= 0.3 is 6.18 Å². The fourth-order valence-electron chi connectivity index (χ4n) is 1.79. The molecule has 1 rings (SSSR count). The summed E-state index contributed by atoms with van der Waals surface area (Å²) in [6.45, 7) is 4.59. The fourth-order valence-corrected chi connectivity index (χ4v) is 1.79. The number of nitrogens with one attached hydrogen (secondary N) is 2. The molecule has 1 aromatic carbocycles. The SMILES string of the molecule is CCNC(=O)CCNC(C)c1cccc(C(F)(F)F)c1. The van der Waals surface area contributed by atoms with Crippen LogP contribution in [0, 0.1) is 0 Å². The molecule has 0 aliphatic rings. The number of hydrogen-bond acceptors (Lipinski definition) is 2. The quantitative estimate of drug-likeness (QED) is 0.845. The molecule has 1 aromatic rings. The van der Waals surface area contributed by atoms with E-state index in [-0.39, 0.29) is 11.9 Å². The first-order valence-corrected chi connectivity index (χ1v) is 6.51. The molecule has 6 heteroatoms. The second kappa shape index (κ2) is 7.28. The zero-order valence-electron chi connectivity index (χ0n) is 11.6. The summed E-state index contributed by atoms with van der Waals surface area (Å²) in [4.78, 5) is 11.2. The number of halogens is 3. The first-order chi connectivity index (χ1) is 9.34. The molecule has 0 bridgehead atoms. The highest BCUT2D eigenvalue weighted by molar-refractivity contribution is 5.75. The van der Waals surface area contributed by atoms with Crippen molar-refractivity contribution in [3.8, 4) is 0 Å². The maximum atomic E-state index is 12.6. The molecule has 1 atom stereocenters. The van der Waals surface area contributed by atoms with Gasteiger partial charge in [0.15, 0.2) is 0 Å². The number of benzene rings is 1. The van der Waals surface area contributed by atoms with E-state index in [4.69, 9.17) is 0 Å². The van der Waals surface area contributed by atoms with Crippen molar-refractivity contribution in [1.82, 2.24) is 10.6 Å².